The number of carbonyl (C=O) groups is 1. The first kappa shape index (κ1) is 8.98. The number of hydrogen-bond donors (Lipinski definition) is 2. The van der Waals surface area contributed by atoms with Gasteiger partial charge >= 0.3 is 78.5 Å². The maximum absolute atomic E-state index is 10.6. The minimum absolute atomic E-state index is 0.0111. The summed E-state index contributed by atoms with van der Waals surface area (Å²) in [7, 11) is 0. The number of rotatable bonds is 3. The van der Waals surface area contributed by atoms with Crippen molar-refractivity contribution < 1.29 is 31.4 Å². The molecule has 0 bridgehead atoms. The van der Waals surface area contributed by atoms with Crippen LogP contribution < -0.4 is 25.0 Å². The van der Waals surface area contributed by atoms with E-state index in [2.05, 4.69) is 13.4 Å². The van der Waals surface area contributed by atoms with Crippen molar-refractivity contribution in [2.45, 2.75) is 7.97 Å². The molecule has 3 nitrogen and oxygen atoms in total. The van der Waals surface area contributed by atoms with Gasteiger partial charge in [0.1, 0.15) is 0 Å². The molecule has 0 aromatic rings. The first-order valence-electron chi connectivity index (χ1n) is 2.72. The average molecular weight is 370 g/mol. The molecule has 1 aliphatic rings. The van der Waals surface area contributed by atoms with Gasteiger partial charge in [-0.25, -0.2) is 0 Å². The molecule has 5 heteroatoms. The van der Waals surface area contributed by atoms with E-state index in [1.807, 2.05) is 0 Å². The standard InChI is InChI=1S/C5H10I2NO2/c1-7(2)3(5(9)10)4-6-8-4/h3-4,8H,1-2H3,(H,9,10)/q-1. The van der Waals surface area contributed by atoms with Crippen molar-refractivity contribution in [2.24, 2.45) is 0 Å². The van der Waals surface area contributed by atoms with Gasteiger partial charge in [-0.1, -0.05) is 0 Å². The fourth-order valence-electron chi connectivity index (χ4n) is 0.680. The monoisotopic (exact) mass is 370 g/mol. The Morgan fingerprint density at radius 1 is 1.80 bits per heavy atom. The third-order valence-electron chi connectivity index (χ3n) is 1.20. The molecule has 2 N–H and O–H groups in total. The van der Waals surface area contributed by atoms with Gasteiger partial charge in [0.25, 0.3) is 0 Å². The Bertz CT molecular complexity index is 145. The third-order valence-corrected chi connectivity index (χ3v) is 8.57. The average Bonchev–Trinajstić information content (AvgIpc) is 2.46. The van der Waals surface area contributed by atoms with Crippen LogP contribution in [0.3, 0.4) is 0 Å². The van der Waals surface area contributed by atoms with Crippen molar-refractivity contribution in [3.63, 3.8) is 0 Å². The van der Waals surface area contributed by atoms with Crippen molar-refractivity contribution in [3.05, 3.63) is 0 Å². The van der Waals surface area contributed by atoms with E-state index in [1.165, 1.54) is 0 Å². The minimum atomic E-state index is -1.13. The predicted octanol–water partition coefficient (Wildman–Crippen LogP) is -2.86. The van der Waals surface area contributed by atoms with Crippen molar-refractivity contribution >= 4 is 25.8 Å². The third kappa shape index (κ3) is 2.19. The van der Waals surface area contributed by atoms with E-state index in [9.17, 15) is 4.79 Å². The SMILES string of the molecule is CI(C)C(C(=O)O)C1N[I-]1. The zero-order chi connectivity index (χ0) is 7.72. The number of carboxylic acid groups (broad SMARTS) is 1. The molecule has 2 unspecified atom stereocenters. The van der Waals surface area contributed by atoms with Crippen LogP contribution in [0.15, 0.2) is 0 Å². The fourth-order valence-corrected chi connectivity index (χ4v) is 9.63. The van der Waals surface area contributed by atoms with Crippen LogP contribution in [0.25, 0.3) is 0 Å². The summed E-state index contributed by atoms with van der Waals surface area (Å²) in [5.41, 5.74) is 0. The van der Waals surface area contributed by atoms with Gasteiger partial charge in [0, 0.05) is 0 Å². The van der Waals surface area contributed by atoms with Crippen molar-refractivity contribution in [1.29, 1.82) is 0 Å². The number of carboxylic acids is 1. The second kappa shape index (κ2) is 3.53. The molecule has 0 saturated carbocycles. The van der Waals surface area contributed by atoms with Crippen molar-refractivity contribution in [1.82, 2.24) is 3.53 Å². The summed E-state index contributed by atoms with van der Waals surface area (Å²) in [4.78, 5) is 14.9. The second-order valence-corrected chi connectivity index (χ2v) is 10.8. The number of hydrogen-bond acceptors (Lipinski definition) is 2. The molecule has 0 radical (unpaired) electrons. The van der Waals surface area contributed by atoms with Gasteiger partial charge in [0.15, 0.2) is 0 Å². The van der Waals surface area contributed by atoms with E-state index in [4.69, 9.17) is 5.11 Å². The Morgan fingerprint density at radius 3 is 2.40 bits per heavy atom. The summed E-state index contributed by atoms with van der Waals surface area (Å²) >= 11 is -1.06. The van der Waals surface area contributed by atoms with Crippen LogP contribution in [0.1, 0.15) is 0 Å². The molecule has 1 saturated heterocycles. The number of aliphatic carboxylic acids is 1. The van der Waals surface area contributed by atoms with Gasteiger partial charge in [-0.05, 0) is 0 Å². The summed E-state index contributed by atoms with van der Waals surface area (Å²) in [6.45, 7) is 0. The summed E-state index contributed by atoms with van der Waals surface area (Å²) in [6.07, 6.45) is 0. The number of halogens is 2. The van der Waals surface area contributed by atoms with Crippen LogP contribution in [-0.4, -0.2) is 28.9 Å². The van der Waals surface area contributed by atoms with Gasteiger partial charge in [-0.3, -0.25) is 0 Å². The normalized spacial score (nSPS) is 28.2. The fraction of sp³-hybridized carbons (Fsp3) is 0.800. The number of nitrogens with one attached hydrogen (secondary N) is 1. The molecule has 0 aromatic carbocycles. The Morgan fingerprint density at radius 2 is 2.30 bits per heavy atom. The Kier molecular flexibility index (Phi) is 3.17. The second-order valence-electron chi connectivity index (χ2n) is 2.17. The molecule has 62 valence electrons. The summed E-state index contributed by atoms with van der Waals surface area (Å²) in [6, 6.07) is 0. The van der Waals surface area contributed by atoms with Crippen LogP contribution in [0.2, 0.25) is 0 Å². The van der Waals surface area contributed by atoms with Gasteiger partial charge in [0.05, 0.1) is 0 Å². The van der Waals surface area contributed by atoms with Crippen LogP contribution in [-0.2, 0) is 4.79 Å². The molecule has 1 aliphatic heterocycles. The molecular formula is C5H10I2NO2-. The van der Waals surface area contributed by atoms with Gasteiger partial charge in [-0.2, -0.15) is 0 Å². The van der Waals surface area contributed by atoms with Gasteiger partial charge in [-0.15, -0.1) is 0 Å². The van der Waals surface area contributed by atoms with Crippen molar-refractivity contribution in [3.8, 4) is 0 Å². The quantitative estimate of drug-likeness (QED) is 0.185. The molecular weight excluding hydrogens is 360 g/mol. The van der Waals surface area contributed by atoms with Gasteiger partial charge < -0.3 is 0 Å². The molecule has 0 aliphatic carbocycles. The Balaban J connectivity index is 2.49. The van der Waals surface area contributed by atoms with Gasteiger partial charge in [0.2, 0.25) is 0 Å². The van der Waals surface area contributed by atoms with E-state index in [0.717, 1.165) is 0 Å². The van der Waals surface area contributed by atoms with E-state index >= 15 is 0 Å². The Hall–Kier alpha value is 0.890. The molecule has 1 heterocycles. The summed E-state index contributed by atoms with van der Waals surface area (Å²) < 4.78 is 3.59. The van der Waals surface area contributed by atoms with E-state index in [0.29, 0.717) is 4.05 Å². The van der Waals surface area contributed by atoms with Crippen LogP contribution in [0.4, 0.5) is 0 Å². The maximum atomic E-state index is 10.6. The zero-order valence-corrected chi connectivity index (χ0v) is 10.1. The molecule has 0 aromatic heterocycles. The van der Waals surface area contributed by atoms with E-state index in [1.54, 1.807) is 0 Å². The number of alkyl halides is 4. The van der Waals surface area contributed by atoms with Crippen LogP contribution in [0.5, 0.6) is 0 Å². The summed E-state index contributed by atoms with van der Waals surface area (Å²) in [5, 5.41) is 8.77. The Labute approximate surface area is 78.0 Å². The topological polar surface area (TPSA) is 59.2 Å². The molecule has 1 fully saturated rings. The van der Waals surface area contributed by atoms with Crippen molar-refractivity contribution in [2.75, 3.05) is 9.86 Å². The predicted molar refractivity (Wildman–Crippen MR) is 44.2 cm³/mol. The van der Waals surface area contributed by atoms with Crippen LogP contribution >= 0.6 is 19.8 Å². The molecule has 0 spiro atoms. The molecule has 1 rings (SSSR count). The first-order valence-corrected chi connectivity index (χ1v) is 10.6. The first-order chi connectivity index (χ1) is 4.63. The summed E-state index contributed by atoms with van der Waals surface area (Å²) in [5.74, 6) is -0.579. The van der Waals surface area contributed by atoms with E-state index in [-0.39, 0.29) is 25.4 Å². The molecule has 0 amide bonds. The van der Waals surface area contributed by atoms with E-state index < -0.39 is 25.8 Å². The van der Waals surface area contributed by atoms with Crippen LogP contribution in [0, 0.1) is 0 Å². The molecule has 2 atom stereocenters. The zero-order valence-electron chi connectivity index (χ0n) is 5.77. The molecule has 10 heavy (non-hydrogen) atoms.